The van der Waals surface area contributed by atoms with Crippen LogP contribution in [-0.2, 0) is 15.1 Å². The molecule has 1 heterocycles. The molecule has 3 aromatic rings. The molecule has 0 saturated carbocycles. The molecule has 31 heavy (non-hydrogen) atoms. The minimum absolute atomic E-state index is 0.353. The molecule has 4 amide bonds. The third kappa shape index (κ3) is 3.87. The quantitative estimate of drug-likeness (QED) is 0.599. The first-order valence-corrected chi connectivity index (χ1v) is 9.63. The van der Waals surface area contributed by atoms with Gasteiger partial charge in [-0.05, 0) is 47.5 Å². The van der Waals surface area contributed by atoms with Crippen molar-refractivity contribution in [3.8, 4) is 11.5 Å². The number of benzene rings is 3. The lowest BCUT2D eigenvalue weighted by Gasteiger charge is -2.22. The zero-order valence-electron chi connectivity index (χ0n) is 17.0. The molecule has 8 heteroatoms. The summed E-state index contributed by atoms with van der Waals surface area (Å²) in [5.74, 6) is -0.0911. The Kier molecular flexibility index (Phi) is 5.21. The van der Waals surface area contributed by atoms with Gasteiger partial charge in [-0.3, -0.25) is 15.0 Å². The van der Waals surface area contributed by atoms with E-state index in [2.05, 4.69) is 10.7 Å². The molecule has 1 saturated heterocycles. The van der Waals surface area contributed by atoms with Crippen LogP contribution < -0.4 is 20.2 Å². The molecule has 0 aromatic heterocycles. The van der Waals surface area contributed by atoms with E-state index in [0.29, 0.717) is 22.1 Å². The summed E-state index contributed by atoms with van der Waals surface area (Å²) in [6.07, 6.45) is 0. The number of amides is 4. The number of fused-ring (bicyclic) bond motifs is 1. The molecule has 0 spiro atoms. The molecule has 4 rings (SSSR count). The summed E-state index contributed by atoms with van der Waals surface area (Å²) in [5.41, 5.74) is 1.57. The van der Waals surface area contributed by atoms with Gasteiger partial charge in [0.05, 0.1) is 7.11 Å². The first-order valence-electron chi connectivity index (χ1n) is 9.63. The highest BCUT2D eigenvalue weighted by atomic mass is 16.5. The molecular weight excluding hydrogens is 398 g/mol. The Morgan fingerprint density at radius 2 is 1.68 bits per heavy atom. The van der Waals surface area contributed by atoms with E-state index in [1.54, 1.807) is 37.3 Å². The molecule has 0 unspecified atom stereocenters. The Hall–Kier alpha value is -4.07. The molecule has 0 bridgehead atoms. The zero-order valence-corrected chi connectivity index (χ0v) is 17.0. The van der Waals surface area contributed by atoms with Crippen LogP contribution in [0.4, 0.5) is 4.79 Å². The van der Waals surface area contributed by atoms with Crippen LogP contribution in [-0.4, -0.2) is 36.6 Å². The van der Waals surface area contributed by atoms with Gasteiger partial charge < -0.3 is 14.8 Å². The van der Waals surface area contributed by atoms with Gasteiger partial charge in [0.1, 0.15) is 17.0 Å². The summed E-state index contributed by atoms with van der Waals surface area (Å²) in [5, 5.41) is 5.33. The number of hydrogen-bond donors (Lipinski definition) is 2. The molecule has 0 aliphatic carbocycles. The Bertz CT molecular complexity index is 1160. The van der Waals surface area contributed by atoms with Crippen LogP contribution >= 0.6 is 0 Å². The van der Waals surface area contributed by atoms with Crippen LogP contribution in [0.1, 0.15) is 12.5 Å². The van der Waals surface area contributed by atoms with Crippen LogP contribution in [0.15, 0.2) is 66.7 Å². The summed E-state index contributed by atoms with van der Waals surface area (Å²) < 4.78 is 10.6. The van der Waals surface area contributed by atoms with E-state index in [-0.39, 0.29) is 6.61 Å². The first-order chi connectivity index (χ1) is 14.9. The Morgan fingerprint density at radius 1 is 1.00 bits per heavy atom. The highest BCUT2D eigenvalue weighted by Crippen LogP contribution is 2.29. The number of hydrogen-bond acceptors (Lipinski definition) is 5. The van der Waals surface area contributed by atoms with Gasteiger partial charge in [0.25, 0.3) is 11.8 Å². The van der Waals surface area contributed by atoms with Crippen molar-refractivity contribution in [2.45, 2.75) is 12.5 Å². The molecule has 1 aliphatic heterocycles. The third-order valence-electron chi connectivity index (χ3n) is 5.19. The van der Waals surface area contributed by atoms with Crippen LogP contribution in [0.5, 0.6) is 11.5 Å². The molecule has 0 radical (unpaired) electrons. The van der Waals surface area contributed by atoms with Crippen molar-refractivity contribution in [1.82, 2.24) is 15.8 Å². The third-order valence-corrected chi connectivity index (χ3v) is 5.19. The van der Waals surface area contributed by atoms with Crippen molar-refractivity contribution in [3.05, 3.63) is 72.3 Å². The van der Waals surface area contributed by atoms with Crippen molar-refractivity contribution in [3.63, 3.8) is 0 Å². The van der Waals surface area contributed by atoms with Crippen molar-refractivity contribution in [1.29, 1.82) is 0 Å². The second-order valence-electron chi connectivity index (χ2n) is 7.26. The Balaban J connectivity index is 1.41. The van der Waals surface area contributed by atoms with E-state index in [1.807, 2.05) is 36.4 Å². The van der Waals surface area contributed by atoms with E-state index < -0.39 is 23.4 Å². The molecule has 3 aromatic carbocycles. The fourth-order valence-corrected chi connectivity index (χ4v) is 3.42. The van der Waals surface area contributed by atoms with E-state index in [0.717, 1.165) is 10.8 Å². The maximum Gasteiger partial charge on any atom is 0.344 e. The largest absolute Gasteiger partial charge is 0.497 e. The summed E-state index contributed by atoms with van der Waals surface area (Å²) in [7, 11) is 1.54. The lowest BCUT2D eigenvalue weighted by Crippen LogP contribution is -2.49. The lowest BCUT2D eigenvalue weighted by atomic mass is 9.92. The highest BCUT2D eigenvalue weighted by molar-refractivity contribution is 6.08. The fraction of sp³-hybridized carbons (Fsp3) is 0.174. The number of rotatable bonds is 6. The van der Waals surface area contributed by atoms with Gasteiger partial charge in [0.15, 0.2) is 6.61 Å². The number of nitrogens with zero attached hydrogens (tertiary/aromatic N) is 1. The first kappa shape index (κ1) is 20.2. The molecule has 1 aliphatic rings. The van der Waals surface area contributed by atoms with Crippen LogP contribution in [0.25, 0.3) is 10.8 Å². The fourth-order valence-electron chi connectivity index (χ4n) is 3.42. The van der Waals surface area contributed by atoms with Gasteiger partial charge in [-0.15, -0.1) is 0 Å². The molecule has 1 atom stereocenters. The monoisotopic (exact) mass is 419 g/mol. The maximum absolute atomic E-state index is 12.9. The van der Waals surface area contributed by atoms with Gasteiger partial charge in [-0.2, -0.15) is 5.01 Å². The van der Waals surface area contributed by atoms with Crippen molar-refractivity contribution >= 4 is 28.6 Å². The van der Waals surface area contributed by atoms with Crippen molar-refractivity contribution < 1.29 is 23.9 Å². The Morgan fingerprint density at radius 3 is 2.39 bits per heavy atom. The summed E-state index contributed by atoms with van der Waals surface area (Å²) >= 11 is 0. The van der Waals surface area contributed by atoms with Gasteiger partial charge in [0, 0.05) is 0 Å². The second kappa shape index (κ2) is 7.98. The normalized spacial score (nSPS) is 18.1. The number of urea groups is 1. The zero-order chi connectivity index (χ0) is 22.0. The molecule has 1 fully saturated rings. The van der Waals surface area contributed by atoms with Crippen molar-refractivity contribution in [2.75, 3.05) is 13.7 Å². The van der Waals surface area contributed by atoms with Gasteiger partial charge >= 0.3 is 6.03 Å². The number of methoxy groups -OCH3 is 1. The van der Waals surface area contributed by atoms with Crippen LogP contribution in [0, 0.1) is 0 Å². The SMILES string of the molecule is COc1ccc([C@@]2(C)NC(=O)N(NC(=O)COc3ccc4ccccc4c3)C2=O)cc1. The van der Waals surface area contributed by atoms with E-state index in [4.69, 9.17) is 9.47 Å². The highest BCUT2D eigenvalue weighted by Gasteiger charge is 2.50. The number of carbonyl (C=O) groups excluding carboxylic acids is 3. The predicted octanol–water partition coefficient (Wildman–Crippen LogP) is 2.73. The number of nitrogens with one attached hydrogen (secondary N) is 2. The number of imide groups is 1. The summed E-state index contributed by atoms with van der Waals surface area (Å²) in [6, 6.07) is 19.3. The van der Waals surface area contributed by atoms with Crippen LogP contribution in [0.3, 0.4) is 0 Å². The van der Waals surface area contributed by atoms with Gasteiger partial charge in [-0.1, -0.05) is 42.5 Å². The minimum atomic E-state index is -1.31. The summed E-state index contributed by atoms with van der Waals surface area (Å²) in [4.78, 5) is 37.6. The molecule has 158 valence electrons. The molecule has 2 N–H and O–H groups in total. The number of hydrazine groups is 1. The Labute approximate surface area is 178 Å². The predicted molar refractivity (Wildman–Crippen MR) is 113 cm³/mol. The minimum Gasteiger partial charge on any atom is -0.497 e. The topological polar surface area (TPSA) is 97.0 Å². The maximum atomic E-state index is 12.9. The number of ether oxygens (including phenoxy) is 2. The van der Waals surface area contributed by atoms with Crippen LogP contribution in [0.2, 0.25) is 0 Å². The smallest absolute Gasteiger partial charge is 0.344 e. The second-order valence-corrected chi connectivity index (χ2v) is 7.26. The standard InChI is InChI=1S/C23H21N3O5/c1-23(17-8-11-18(30-2)12-9-17)21(28)26(22(29)24-23)25-20(27)14-31-19-10-7-15-5-3-4-6-16(15)13-19/h3-13H,14H2,1-2H3,(H,24,29)(H,25,27)/t23-/m1/s1. The summed E-state index contributed by atoms with van der Waals surface area (Å²) in [6.45, 7) is 1.22. The number of carbonyl (C=O) groups is 3. The van der Waals surface area contributed by atoms with Crippen molar-refractivity contribution in [2.24, 2.45) is 0 Å². The van der Waals surface area contributed by atoms with E-state index in [9.17, 15) is 14.4 Å². The molecular formula is C23H21N3O5. The van der Waals surface area contributed by atoms with E-state index in [1.165, 1.54) is 7.11 Å². The van der Waals surface area contributed by atoms with Gasteiger partial charge in [-0.25, -0.2) is 4.79 Å². The van der Waals surface area contributed by atoms with Gasteiger partial charge in [0.2, 0.25) is 0 Å². The van der Waals surface area contributed by atoms with E-state index >= 15 is 0 Å². The lowest BCUT2D eigenvalue weighted by molar-refractivity contribution is -0.139. The average molecular weight is 419 g/mol. The molecule has 8 nitrogen and oxygen atoms in total. The average Bonchev–Trinajstić information content (AvgIpc) is 3.01.